The van der Waals surface area contributed by atoms with Crippen LogP contribution in [0.2, 0.25) is 0 Å². The lowest BCUT2D eigenvalue weighted by Gasteiger charge is -2.07. The molecule has 0 aliphatic carbocycles. The summed E-state index contributed by atoms with van der Waals surface area (Å²) in [6.07, 6.45) is 3.25. The maximum atomic E-state index is 5.47. The van der Waals surface area contributed by atoms with Crippen molar-refractivity contribution in [2.45, 2.75) is 13.3 Å². The van der Waals surface area contributed by atoms with Gasteiger partial charge in [0.05, 0.1) is 0 Å². The van der Waals surface area contributed by atoms with Gasteiger partial charge in [0.2, 0.25) is 0 Å². The van der Waals surface area contributed by atoms with Gasteiger partial charge in [0, 0.05) is 5.70 Å². The maximum absolute atomic E-state index is 5.47. The summed E-state index contributed by atoms with van der Waals surface area (Å²) in [5.41, 5.74) is 6.28. The summed E-state index contributed by atoms with van der Waals surface area (Å²) in [6, 6.07) is 0. The number of thioether (sulfide) groups is 1. The number of hydrogen-bond acceptors (Lipinski definition) is 2. The van der Waals surface area contributed by atoms with Crippen LogP contribution in [0.15, 0.2) is 12.3 Å². The average molecular weight is 145 g/mol. The Bertz CT molecular complexity index is 90.9. The SMILES string of the molecule is C=C(N)C(C)CCSC. The molecule has 0 aromatic rings. The summed E-state index contributed by atoms with van der Waals surface area (Å²) in [6.45, 7) is 5.79. The summed E-state index contributed by atoms with van der Waals surface area (Å²) >= 11 is 1.85. The molecular weight excluding hydrogens is 130 g/mol. The summed E-state index contributed by atoms with van der Waals surface area (Å²) in [5.74, 6) is 1.66. The minimum Gasteiger partial charge on any atom is -0.402 e. The van der Waals surface area contributed by atoms with Crippen molar-refractivity contribution in [3.05, 3.63) is 12.3 Å². The normalized spacial score (nSPS) is 13.1. The highest BCUT2D eigenvalue weighted by Crippen LogP contribution is 2.10. The van der Waals surface area contributed by atoms with Crippen molar-refractivity contribution in [3.8, 4) is 0 Å². The topological polar surface area (TPSA) is 26.0 Å². The third-order valence-electron chi connectivity index (χ3n) is 1.39. The minimum atomic E-state index is 0.484. The monoisotopic (exact) mass is 145 g/mol. The molecule has 0 fully saturated rings. The van der Waals surface area contributed by atoms with Crippen LogP contribution in [0, 0.1) is 5.92 Å². The highest BCUT2D eigenvalue weighted by molar-refractivity contribution is 7.98. The third kappa shape index (κ3) is 4.40. The second kappa shape index (κ2) is 4.74. The molecule has 0 aliphatic heterocycles. The maximum Gasteiger partial charge on any atom is 0.00365 e. The molecule has 1 nitrogen and oxygen atoms in total. The molecular formula is C7H15NS. The van der Waals surface area contributed by atoms with E-state index in [0.29, 0.717) is 5.92 Å². The Morgan fingerprint density at radius 3 is 2.67 bits per heavy atom. The Kier molecular flexibility index (Phi) is 4.68. The predicted octanol–water partition coefficient (Wildman–Crippen LogP) is 1.85. The van der Waals surface area contributed by atoms with E-state index in [9.17, 15) is 0 Å². The highest BCUT2D eigenvalue weighted by Gasteiger charge is 2.00. The zero-order valence-corrected chi connectivity index (χ0v) is 7.00. The molecule has 0 aromatic heterocycles. The van der Waals surface area contributed by atoms with Gasteiger partial charge >= 0.3 is 0 Å². The summed E-state index contributed by atoms with van der Waals surface area (Å²) in [4.78, 5) is 0. The number of hydrogen-bond donors (Lipinski definition) is 1. The number of allylic oxidation sites excluding steroid dienone is 1. The lowest BCUT2D eigenvalue weighted by molar-refractivity contribution is 0.657. The molecule has 0 heterocycles. The fourth-order valence-corrected chi connectivity index (χ4v) is 1.07. The van der Waals surface area contributed by atoms with Crippen LogP contribution in [0.4, 0.5) is 0 Å². The molecule has 1 unspecified atom stereocenters. The van der Waals surface area contributed by atoms with Crippen LogP contribution in [-0.4, -0.2) is 12.0 Å². The zero-order chi connectivity index (χ0) is 7.28. The Morgan fingerprint density at radius 2 is 2.33 bits per heavy atom. The van der Waals surface area contributed by atoms with Crippen molar-refractivity contribution in [2.24, 2.45) is 11.7 Å². The molecule has 0 saturated carbocycles. The first-order valence-electron chi connectivity index (χ1n) is 3.11. The third-order valence-corrected chi connectivity index (χ3v) is 2.03. The van der Waals surface area contributed by atoms with Gasteiger partial charge in [0.1, 0.15) is 0 Å². The Morgan fingerprint density at radius 1 is 1.78 bits per heavy atom. The molecule has 54 valence electrons. The van der Waals surface area contributed by atoms with Crippen LogP contribution >= 0.6 is 11.8 Å². The summed E-state index contributed by atoms with van der Waals surface area (Å²) < 4.78 is 0. The predicted molar refractivity (Wildman–Crippen MR) is 45.5 cm³/mol. The van der Waals surface area contributed by atoms with E-state index in [-0.39, 0.29) is 0 Å². The van der Waals surface area contributed by atoms with E-state index >= 15 is 0 Å². The van der Waals surface area contributed by atoms with E-state index in [0.717, 1.165) is 12.1 Å². The van der Waals surface area contributed by atoms with Crippen molar-refractivity contribution in [2.75, 3.05) is 12.0 Å². The van der Waals surface area contributed by atoms with Gasteiger partial charge in [0.25, 0.3) is 0 Å². The lowest BCUT2D eigenvalue weighted by atomic mass is 10.1. The molecule has 0 aromatic carbocycles. The first kappa shape index (κ1) is 8.89. The van der Waals surface area contributed by atoms with Crippen molar-refractivity contribution < 1.29 is 0 Å². The van der Waals surface area contributed by atoms with E-state index < -0.39 is 0 Å². The van der Waals surface area contributed by atoms with Gasteiger partial charge < -0.3 is 5.73 Å². The second-order valence-electron chi connectivity index (χ2n) is 2.26. The minimum absolute atomic E-state index is 0.484. The van der Waals surface area contributed by atoms with Crippen molar-refractivity contribution in [1.82, 2.24) is 0 Å². The lowest BCUT2D eigenvalue weighted by Crippen LogP contribution is -2.07. The molecule has 0 rings (SSSR count). The van der Waals surface area contributed by atoms with Gasteiger partial charge in [-0.15, -0.1) is 0 Å². The molecule has 2 N–H and O–H groups in total. The molecule has 0 aliphatic rings. The van der Waals surface area contributed by atoms with Gasteiger partial charge in [-0.3, -0.25) is 0 Å². The van der Waals surface area contributed by atoms with Crippen LogP contribution < -0.4 is 5.73 Å². The fraction of sp³-hybridized carbons (Fsp3) is 0.714. The molecule has 1 atom stereocenters. The molecule has 0 amide bonds. The molecule has 0 radical (unpaired) electrons. The van der Waals surface area contributed by atoms with Crippen LogP contribution in [0.25, 0.3) is 0 Å². The first-order valence-corrected chi connectivity index (χ1v) is 4.51. The fourth-order valence-electron chi connectivity index (χ4n) is 0.480. The van der Waals surface area contributed by atoms with Crippen molar-refractivity contribution >= 4 is 11.8 Å². The largest absolute Gasteiger partial charge is 0.402 e. The Balaban J connectivity index is 3.27. The standard InChI is InChI=1S/C7H15NS/c1-6(7(2)8)4-5-9-3/h6H,2,4-5,8H2,1,3H3. The average Bonchev–Trinajstić information content (AvgIpc) is 1.82. The number of rotatable bonds is 4. The van der Waals surface area contributed by atoms with E-state index in [1.165, 1.54) is 5.75 Å². The van der Waals surface area contributed by atoms with Crippen molar-refractivity contribution in [1.29, 1.82) is 0 Å². The first-order chi connectivity index (χ1) is 4.18. The van der Waals surface area contributed by atoms with Crippen LogP contribution in [0.3, 0.4) is 0 Å². The molecule has 0 spiro atoms. The van der Waals surface area contributed by atoms with E-state index in [4.69, 9.17) is 5.73 Å². The van der Waals surface area contributed by atoms with Crippen LogP contribution in [-0.2, 0) is 0 Å². The van der Waals surface area contributed by atoms with Crippen LogP contribution in [0.5, 0.6) is 0 Å². The van der Waals surface area contributed by atoms with Gasteiger partial charge in [-0.25, -0.2) is 0 Å². The summed E-state index contributed by atoms with van der Waals surface area (Å²) in [5, 5.41) is 0. The molecule has 0 saturated heterocycles. The van der Waals surface area contributed by atoms with Gasteiger partial charge in [-0.05, 0) is 24.3 Å². The van der Waals surface area contributed by atoms with E-state index in [2.05, 4.69) is 19.8 Å². The molecule has 0 bridgehead atoms. The second-order valence-corrected chi connectivity index (χ2v) is 3.24. The quantitative estimate of drug-likeness (QED) is 0.653. The molecule has 9 heavy (non-hydrogen) atoms. The van der Waals surface area contributed by atoms with Gasteiger partial charge in [-0.2, -0.15) is 11.8 Å². The van der Waals surface area contributed by atoms with Crippen LogP contribution in [0.1, 0.15) is 13.3 Å². The Hall–Kier alpha value is -0.110. The van der Waals surface area contributed by atoms with E-state index in [1.54, 1.807) is 0 Å². The van der Waals surface area contributed by atoms with Gasteiger partial charge in [0.15, 0.2) is 0 Å². The smallest absolute Gasteiger partial charge is 0.00365 e. The zero-order valence-electron chi connectivity index (χ0n) is 6.18. The molecule has 2 heteroatoms. The Labute approximate surface area is 61.7 Å². The summed E-state index contributed by atoms with van der Waals surface area (Å²) in [7, 11) is 0. The highest BCUT2D eigenvalue weighted by atomic mass is 32.2. The van der Waals surface area contributed by atoms with Gasteiger partial charge in [-0.1, -0.05) is 13.5 Å². The van der Waals surface area contributed by atoms with E-state index in [1.807, 2.05) is 11.8 Å². The number of nitrogens with two attached hydrogens (primary N) is 1. The van der Waals surface area contributed by atoms with Crippen molar-refractivity contribution in [3.63, 3.8) is 0 Å².